The van der Waals surface area contributed by atoms with Gasteiger partial charge in [0.1, 0.15) is 5.82 Å². The SMILES string of the molecule is O=S(=O)(NCCCNc1nsc2ccccc12)c1ccc(Br)cc1C(F)(F)F. The van der Waals surface area contributed by atoms with Gasteiger partial charge in [0.2, 0.25) is 10.0 Å². The Morgan fingerprint density at radius 1 is 1.11 bits per heavy atom. The minimum absolute atomic E-state index is 0.00916. The van der Waals surface area contributed by atoms with Crippen LogP contribution in [0, 0.1) is 0 Å². The molecule has 0 aliphatic rings. The summed E-state index contributed by atoms with van der Waals surface area (Å²) in [6, 6.07) is 10.6. The highest BCUT2D eigenvalue weighted by molar-refractivity contribution is 9.10. The maximum Gasteiger partial charge on any atom is 0.417 e. The van der Waals surface area contributed by atoms with E-state index in [0.717, 1.165) is 22.2 Å². The number of benzene rings is 2. The molecule has 3 aromatic rings. The molecule has 11 heteroatoms. The number of hydrogen-bond donors (Lipinski definition) is 2. The summed E-state index contributed by atoms with van der Waals surface area (Å²) in [5, 5.41) is 4.09. The van der Waals surface area contributed by atoms with Gasteiger partial charge < -0.3 is 5.32 Å². The molecule has 0 bridgehead atoms. The summed E-state index contributed by atoms with van der Waals surface area (Å²) in [7, 11) is -4.29. The topological polar surface area (TPSA) is 71.1 Å². The number of anilines is 1. The Labute approximate surface area is 172 Å². The van der Waals surface area contributed by atoms with Crippen LogP contribution in [0.5, 0.6) is 0 Å². The molecule has 5 nitrogen and oxygen atoms in total. The van der Waals surface area contributed by atoms with Crippen molar-refractivity contribution in [3.05, 3.63) is 52.5 Å². The molecule has 0 aliphatic heterocycles. The van der Waals surface area contributed by atoms with Gasteiger partial charge in [0.25, 0.3) is 0 Å². The standard InChI is InChI=1S/C17H15BrF3N3O2S2/c18-11-6-7-15(13(10-11)17(19,20)21)28(25,26)23-9-3-8-22-16-12-4-1-2-5-14(12)27-24-16/h1-2,4-7,10,23H,3,8-9H2,(H,22,24). The Morgan fingerprint density at radius 2 is 1.86 bits per heavy atom. The van der Waals surface area contributed by atoms with Crippen LogP contribution in [0.25, 0.3) is 10.1 Å². The first-order valence-corrected chi connectivity index (χ1v) is 11.2. The Balaban J connectivity index is 1.60. The van der Waals surface area contributed by atoms with Crippen LogP contribution in [0.2, 0.25) is 0 Å². The monoisotopic (exact) mass is 493 g/mol. The first kappa shape index (κ1) is 21.0. The molecule has 0 aliphatic carbocycles. The zero-order chi connectivity index (χ0) is 20.4. The summed E-state index contributed by atoms with van der Waals surface area (Å²) >= 11 is 4.29. The zero-order valence-electron chi connectivity index (χ0n) is 14.3. The molecule has 0 unspecified atom stereocenters. The van der Waals surface area contributed by atoms with Crippen LogP contribution in [0.4, 0.5) is 19.0 Å². The lowest BCUT2D eigenvalue weighted by atomic mass is 10.2. The van der Waals surface area contributed by atoms with E-state index in [9.17, 15) is 21.6 Å². The fraction of sp³-hybridized carbons (Fsp3) is 0.235. The smallest absolute Gasteiger partial charge is 0.369 e. The summed E-state index contributed by atoms with van der Waals surface area (Å²) < 4.78 is 71.8. The number of rotatable bonds is 7. The molecule has 150 valence electrons. The number of fused-ring (bicyclic) bond motifs is 1. The van der Waals surface area contributed by atoms with E-state index in [2.05, 4.69) is 30.3 Å². The summed E-state index contributed by atoms with van der Waals surface area (Å²) in [5.41, 5.74) is -1.21. The lowest BCUT2D eigenvalue weighted by molar-refractivity contribution is -0.139. The second-order valence-corrected chi connectivity index (χ2v) is 9.30. The largest absolute Gasteiger partial charge is 0.417 e. The van der Waals surface area contributed by atoms with Gasteiger partial charge >= 0.3 is 6.18 Å². The molecule has 0 amide bonds. The van der Waals surface area contributed by atoms with Crippen LogP contribution in [0.3, 0.4) is 0 Å². The molecule has 2 N–H and O–H groups in total. The van der Waals surface area contributed by atoms with Gasteiger partial charge in [-0.25, -0.2) is 13.1 Å². The van der Waals surface area contributed by atoms with E-state index < -0.39 is 26.7 Å². The van der Waals surface area contributed by atoms with Crippen molar-refractivity contribution < 1.29 is 21.6 Å². The average molecular weight is 494 g/mol. The molecule has 28 heavy (non-hydrogen) atoms. The van der Waals surface area contributed by atoms with Crippen molar-refractivity contribution in [2.24, 2.45) is 0 Å². The van der Waals surface area contributed by atoms with Gasteiger partial charge in [0.15, 0.2) is 0 Å². The van der Waals surface area contributed by atoms with Gasteiger partial charge in [0, 0.05) is 22.9 Å². The van der Waals surface area contributed by atoms with Gasteiger partial charge in [-0.15, -0.1) is 0 Å². The van der Waals surface area contributed by atoms with Gasteiger partial charge in [-0.05, 0) is 48.3 Å². The van der Waals surface area contributed by atoms with E-state index in [-0.39, 0.29) is 11.0 Å². The summed E-state index contributed by atoms with van der Waals surface area (Å²) in [6.45, 7) is 0.410. The van der Waals surface area contributed by atoms with Crippen LogP contribution in [-0.2, 0) is 16.2 Å². The molecule has 0 saturated heterocycles. The number of nitrogens with zero attached hydrogens (tertiary/aromatic N) is 1. The number of sulfonamides is 1. The van der Waals surface area contributed by atoms with Crippen LogP contribution in [-0.4, -0.2) is 25.9 Å². The predicted octanol–water partition coefficient (Wildman–Crippen LogP) is 4.86. The Morgan fingerprint density at radius 3 is 2.61 bits per heavy atom. The number of aromatic nitrogens is 1. The van der Waals surface area contributed by atoms with E-state index in [1.165, 1.54) is 17.6 Å². The Bertz CT molecular complexity index is 1080. The highest BCUT2D eigenvalue weighted by Gasteiger charge is 2.37. The molecule has 2 aromatic carbocycles. The Hall–Kier alpha value is -1.69. The van der Waals surface area contributed by atoms with Gasteiger partial charge in [-0.1, -0.05) is 28.1 Å². The lowest BCUT2D eigenvalue weighted by Crippen LogP contribution is -2.28. The van der Waals surface area contributed by atoms with Crippen molar-refractivity contribution in [2.75, 3.05) is 18.4 Å². The van der Waals surface area contributed by atoms with Crippen molar-refractivity contribution in [1.82, 2.24) is 9.10 Å². The third-order valence-electron chi connectivity index (χ3n) is 3.85. The first-order valence-electron chi connectivity index (χ1n) is 8.13. The van der Waals surface area contributed by atoms with Crippen LogP contribution in [0.1, 0.15) is 12.0 Å². The highest BCUT2D eigenvalue weighted by Crippen LogP contribution is 2.35. The summed E-state index contributed by atoms with van der Waals surface area (Å²) in [4.78, 5) is -0.790. The van der Waals surface area contributed by atoms with Gasteiger partial charge in [-0.2, -0.15) is 17.5 Å². The summed E-state index contributed by atoms with van der Waals surface area (Å²) in [6.07, 6.45) is -4.40. The highest BCUT2D eigenvalue weighted by atomic mass is 79.9. The van der Waals surface area contributed by atoms with Crippen LogP contribution < -0.4 is 10.0 Å². The number of nitrogens with one attached hydrogen (secondary N) is 2. The molecular formula is C17H15BrF3N3O2S2. The van der Waals surface area contributed by atoms with E-state index in [0.29, 0.717) is 18.8 Å². The van der Waals surface area contributed by atoms with Crippen molar-refractivity contribution in [3.63, 3.8) is 0 Å². The molecule has 0 spiro atoms. The van der Waals surface area contributed by atoms with Crippen molar-refractivity contribution >= 4 is 53.4 Å². The van der Waals surface area contributed by atoms with Gasteiger partial charge in [-0.3, -0.25) is 0 Å². The molecule has 1 heterocycles. The maximum absolute atomic E-state index is 13.2. The summed E-state index contributed by atoms with van der Waals surface area (Å²) in [5.74, 6) is 0.704. The van der Waals surface area contributed by atoms with Crippen molar-refractivity contribution in [1.29, 1.82) is 0 Å². The molecule has 0 radical (unpaired) electrons. The van der Waals surface area contributed by atoms with Crippen LogP contribution >= 0.6 is 27.5 Å². The van der Waals surface area contributed by atoms with Crippen molar-refractivity contribution in [3.8, 4) is 0 Å². The first-order chi connectivity index (χ1) is 13.2. The fourth-order valence-corrected chi connectivity index (χ4v) is 4.95. The second kappa shape index (κ2) is 8.36. The predicted molar refractivity (Wildman–Crippen MR) is 107 cm³/mol. The number of halogens is 4. The molecule has 0 saturated carbocycles. The molecule has 0 atom stereocenters. The van der Waals surface area contributed by atoms with E-state index >= 15 is 0 Å². The lowest BCUT2D eigenvalue weighted by Gasteiger charge is -2.14. The van der Waals surface area contributed by atoms with Gasteiger partial charge in [0.05, 0.1) is 15.2 Å². The third kappa shape index (κ3) is 4.83. The quantitative estimate of drug-likeness (QED) is 0.461. The van der Waals surface area contributed by atoms with E-state index in [4.69, 9.17) is 0 Å². The number of hydrogen-bond acceptors (Lipinski definition) is 5. The Kier molecular flexibility index (Phi) is 6.28. The van der Waals surface area contributed by atoms with Crippen LogP contribution in [0.15, 0.2) is 51.8 Å². The maximum atomic E-state index is 13.2. The van der Waals surface area contributed by atoms with E-state index in [1.807, 2.05) is 24.3 Å². The van der Waals surface area contributed by atoms with E-state index in [1.54, 1.807) is 0 Å². The molecule has 3 rings (SSSR count). The second-order valence-electron chi connectivity index (χ2n) is 5.84. The number of alkyl halides is 3. The molecule has 0 fully saturated rings. The third-order valence-corrected chi connectivity index (χ3v) is 6.69. The normalized spacial score (nSPS) is 12.4. The zero-order valence-corrected chi connectivity index (χ0v) is 17.5. The van der Waals surface area contributed by atoms with Crippen molar-refractivity contribution in [2.45, 2.75) is 17.5 Å². The molecular weight excluding hydrogens is 479 g/mol. The molecule has 1 aromatic heterocycles. The fourth-order valence-electron chi connectivity index (χ4n) is 2.55. The minimum atomic E-state index is -4.78. The minimum Gasteiger partial charge on any atom is -0.369 e. The average Bonchev–Trinajstić information content (AvgIpc) is 3.03.